The maximum Gasteiger partial charge on any atom is 0.329 e. The minimum Gasteiger partial charge on any atom is -0.459 e. The van der Waals surface area contributed by atoms with Crippen LogP contribution in [0, 0.1) is 16.0 Å². The van der Waals surface area contributed by atoms with Crippen LogP contribution in [0.5, 0.6) is 0 Å². The van der Waals surface area contributed by atoms with Crippen molar-refractivity contribution in [2.24, 2.45) is 5.92 Å². The molecule has 0 spiro atoms. The molecule has 0 aromatic heterocycles. The first kappa shape index (κ1) is 20.2. The zero-order chi connectivity index (χ0) is 21.1. The van der Waals surface area contributed by atoms with Crippen LogP contribution in [-0.2, 0) is 16.1 Å². The average molecular weight is 396 g/mol. The first-order valence-corrected chi connectivity index (χ1v) is 9.22. The van der Waals surface area contributed by atoms with Crippen LogP contribution in [0.3, 0.4) is 0 Å². The highest BCUT2D eigenvalue weighted by molar-refractivity contribution is 6.22. The lowest BCUT2D eigenvalue weighted by molar-refractivity contribution is -0.384. The third kappa shape index (κ3) is 3.87. The van der Waals surface area contributed by atoms with E-state index in [4.69, 9.17) is 4.74 Å². The molecular formula is C21H20N2O6. The van der Waals surface area contributed by atoms with Crippen molar-refractivity contribution in [2.45, 2.75) is 32.9 Å². The van der Waals surface area contributed by atoms with Gasteiger partial charge < -0.3 is 4.74 Å². The molecule has 0 unspecified atom stereocenters. The number of carbonyl (C=O) groups is 3. The zero-order valence-corrected chi connectivity index (χ0v) is 16.0. The van der Waals surface area contributed by atoms with Gasteiger partial charge in [-0.25, -0.2) is 4.79 Å². The standard InChI is InChI=1S/C21H20N2O6/c1-3-13(2)18(22-19(24)16-9-4-5-10-17(16)20(22)25)21(26)29-12-14-7-6-8-15(11-14)23(27)28/h4-11,13,18H,3,12H2,1-2H3/t13-,18+/m0/s1. The Labute approximate surface area is 167 Å². The number of fused-ring (bicyclic) bond motifs is 1. The molecule has 0 aliphatic carbocycles. The molecule has 0 saturated heterocycles. The summed E-state index contributed by atoms with van der Waals surface area (Å²) in [7, 11) is 0. The molecule has 0 saturated carbocycles. The highest BCUT2D eigenvalue weighted by atomic mass is 16.6. The zero-order valence-electron chi connectivity index (χ0n) is 16.0. The van der Waals surface area contributed by atoms with E-state index in [0.29, 0.717) is 12.0 Å². The number of imide groups is 1. The number of benzene rings is 2. The molecule has 0 bridgehead atoms. The summed E-state index contributed by atoms with van der Waals surface area (Å²) in [6, 6.07) is 11.1. The van der Waals surface area contributed by atoms with Gasteiger partial charge in [-0.2, -0.15) is 0 Å². The lowest BCUT2D eigenvalue weighted by Gasteiger charge is -2.28. The second-order valence-electron chi connectivity index (χ2n) is 6.89. The van der Waals surface area contributed by atoms with Crippen molar-refractivity contribution in [3.05, 3.63) is 75.3 Å². The van der Waals surface area contributed by atoms with E-state index in [1.807, 2.05) is 6.92 Å². The third-order valence-corrected chi connectivity index (χ3v) is 5.03. The highest BCUT2D eigenvalue weighted by Crippen LogP contribution is 2.29. The maximum atomic E-state index is 12.9. The summed E-state index contributed by atoms with van der Waals surface area (Å²) >= 11 is 0. The monoisotopic (exact) mass is 396 g/mol. The van der Waals surface area contributed by atoms with Gasteiger partial charge in [0.15, 0.2) is 0 Å². The fourth-order valence-corrected chi connectivity index (χ4v) is 3.28. The SMILES string of the molecule is CC[C@H](C)[C@H](C(=O)OCc1cccc([N+](=O)[O-])c1)N1C(=O)c2ccccc2C1=O. The van der Waals surface area contributed by atoms with Gasteiger partial charge in [-0.3, -0.25) is 24.6 Å². The number of esters is 1. The molecule has 1 heterocycles. The Morgan fingerprint density at radius 1 is 1.10 bits per heavy atom. The smallest absolute Gasteiger partial charge is 0.329 e. The van der Waals surface area contributed by atoms with Crippen molar-refractivity contribution in [2.75, 3.05) is 0 Å². The number of rotatable bonds is 7. The molecule has 3 rings (SSSR count). The summed E-state index contributed by atoms with van der Waals surface area (Å²) in [6.07, 6.45) is 0.546. The number of hydrogen-bond acceptors (Lipinski definition) is 6. The molecule has 2 atom stereocenters. The average Bonchev–Trinajstić information content (AvgIpc) is 2.98. The summed E-state index contributed by atoms with van der Waals surface area (Å²) in [4.78, 5) is 49.8. The fourth-order valence-electron chi connectivity index (χ4n) is 3.28. The van der Waals surface area contributed by atoms with Gasteiger partial charge in [-0.15, -0.1) is 0 Å². The molecule has 150 valence electrons. The van der Waals surface area contributed by atoms with Crippen molar-refractivity contribution in [1.82, 2.24) is 4.90 Å². The molecular weight excluding hydrogens is 376 g/mol. The normalized spacial score (nSPS) is 15.0. The fraction of sp³-hybridized carbons (Fsp3) is 0.286. The van der Waals surface area contributed by atoms with Gasteiger partial charge in [0.1, 0.15) is 12.6 Å². The van der Waals surface area contributed by atoms with Gasteiger partial charge in [0.05, 0.1) is 16.1 Å². The number of nitro benzene ring substituents is 1. The van der Waals surface area contributed by atoms with E-state index in [0.717, 1.165) is 4.90 Å². The van der Waals surface area contributed by atoms with E-state index in [9.17, 15) is 24.5 Å². The minimum absolute atomic E-state index is 0.114. The van der Waals surface area contributed by atoms with Gasteiger partial charge in [0.2, 0.25) is 0 Å². The number of hydrogen-bond donors (Lipinski definition) is 0. The molecule has 2 aromatic carbocycles. The van der Waals surface area contributed by atoms with Gasteiger partial charge >= 0.3 is 5.97 Å². The first-order valence-electron chi connectivity index (χ1n) is 9.22. The molecule has 8 heteroatoms. The van der Waals surface area contributed by atoms with E-state index < -0.39 is 28.7 Å². The van der Waals surface area contributed by atoms with Crippen LogP contribution in [0.4, 0.5) is 5.69 Å². The van der Waals surface area contributed by atoms with E-state index >= 15 is 0 Å². The van der Waals surface area contributed by atoms with Crippen LogP contribution >= 0.6 is 0 Å². The van der Waals surface area contributed by atoms with Crippen molar-refractivity contribution in [3.63, 3.8) is 0 Å². The summed E-state index contributed by atoms with van der Waals surface area (Å²) < 4.78 is 5.35. The Balaban J connectivity index is 1.82. The molecule has 2 amide bonds. The van der Waals surface area contributed by atoms with E-state index in [1.165, 1.54) is 18.2 Å². The van der Waals surface area contributed by atoms with Gasteiger partial charge in [0, 0.05) is 12.1 Å². The number of nitrogens with zero attached hydrogens (tertiary/aromatic N) is 2. The number of non-ortho nitro benzene ring substituents is 1. The van der Waals surface area contributed by atoms with Crippen molar-refractivity contribution >= 4 is 23.5 Å². The lowest BCUT2D eigenvalue weighted by atomic mass is 9.97. The number of carbonyl (C=O) groups excluding carboxylic acids is 3. The third-order valence-electron chi connectivity index (χ3n) is 5.03. The lowest BCUT2D eigenvalue weighted by Crippen LogP contribution is -2.49. The van der Waals surface area contributed by atoms with E-state index in [1.54, 1.807) is 37.3 Å². The Morgan fingerprint density at radius 2 is 1.72 bits per heavy atom. The molecule has 0 fully saturated rings. The summed E-state index contributed by atoms with van der Waals surface area (Å²) in [6.45, 7) is 3.42. The van der Waals surface area contributed by atoms with Gasteiger partial charge in [-0.05, 0) is 23.6 Å². The number of amides is 2. The second kappa shape index (κ2) is 8.22. The van der Waals surface area contributed by atoms with Crippen LogP contribution in [-0.4, -0.2) is 33.6 Å². The molecule has 8 nitrogen and oxygen atoms in total. The molecule has 0 N–H and O–H groups in total. The Kier molecular flexibility index (Phi) is 5.72. The summed E-state index contributed by atoms with van der Waals surface area (Å²) in [5.41, 5.74) is 0.852. The number of ether oxygens (including phenoxy) is 1. The maximum absolute atomic E-state index is 12.9. The van der Waals surface area contributed by atoms with Crippen molar-refractivity contribution in [1.29, 1.82) is 0 Å². The van der Waals surface area contributed by atoms with Crippen molar-refractivity contribution in [3.8, 4) is 0 Å². The predicted molar refractivity (Wildman–Crippen MR) is 103 cm³/mol. The first-order chi connectivity index (χ1) is 13.8. The van der Waals surface area contributed by atoms with E-state index in [-0.39, 0.29) is 29.3 Å². The highest BCUT2D eigenvalue weighted by Gasteiger charge is 2.45. The number of nitro groups is 1. The minimum atomic E-state index is -1.08. The molecule has 1 aliphatic rings. The van der Waals surface area contributed by atoms with Crippen LogP contribution in [0.2, 0.25) is 0 Å². The molecule has 0 radical (unpaired) electrons. The Hall–Kier alpha value is -3.55. The van der Waals surface area contributed by atoms with Gasteiger partial charge in [-0.1, -0.05) is 44.5 Å². The molecule has 1 aliphatic heterocycles. The van der Waals surface area contributed by atoms with Gasteiger partial charge in [0.25, 0.3) is 17.5 Å². The Bertz CT molecular complexity index is 952. The quantitative estimate of drug-likeness (QED) is 0.307. The van der Waals surface area contributed by atoms with Crippen LogP contribution in [0.15, 0.2) is 48.5 Å². The Morgan fingerprint density at radius 3 is 2.28 bits per heavy atom. The largest absolute Gasteiger partial charge is 0.459 e. The molecule has 29 heavy (non-hydrogen) atoms. The van der Waals surface area contributed by atoms with Crippen LogP contribution < -0.4 is 0 Å². The predicted octanol–water partition coefficient (Wildman–Crippen LogP) is 3.35. The van der Waals surface area contributed by atoms with Crippen molar-refractivity contribution < 1.29 is 24.0 Å². The van der Waals surface area contributed by atoms with Crippen LogP contribution in [0.25, 0.3) is 0 Å². The van der Waals surface area contributed by atoms with E-state index in [2.05, 4.69) is 0 Å². The summed E-state index contributed by atoms with van der Waals surface area (Å²) in [5, 5.41) is 10.9. The van der Waals surface area contributed by atoms with Crippen LogP contribution in [0.1, 0.15) is 46.5 Å². The second-order valence-corrected chi connectivity index (χ2v) is 6.89. The molecule has 2 aromatic rings. The topological polar surface area (TPSA) is 107 Å². The summed E-state index contributed by atoms with van der Waals surface area (Å²) in [5.74, 6) is -2.10.